The van der Waals surface area contributed by atoms with Crippen molar-refractivity contribution in [3.63, 3.8) is 0 Å². The van der Waals surface area contributed by atoms with Crippen molar-refractivity contribution in [1.29, 1.82) is 0 Å². The molecule has 94 valence electrons. The van der Waals surface area contributed by atoms with Crippen LogP contribution >= 0.6 is 11.8 Å². The Morgan fingerprint density at radius 2 is 2.06 bits per heavy atom. The maximum absolute atomic E-state index is 12.9. The molecule has 0 heterocycles. The van der Waals surface area contributed by atoms with Crippen molar-refractivity contribution in [2.75, 3.05) is 5.75 Å². The second kappa shape index (κ2) is 5.46. The number of hydrogen-bond donors (Lipinski definition) is 2. The van der Waals surface area contributed by atoms with Gasteiger partial charge < -0.3 is 0 Å². The summed E-state index contributed by atoms with van der Waals surface area (Å²) in [4.78, 5) is 12.0. The fourth-order valence-corrected chi connectivity index (χ4v) is 2.10. The molecule has 0 saturated carbocycles. The van der Waals surface area contributed by atoms with E-state index in [1.165, 1.54) is 17.8 Å². The smallest absolute Gasteiger partial charge is 0.240 e. The minimum Gasteiger partial charge on any atom is -0.294 e. The first-order valence-electron chi connectivity index (χ1n) is 4.96. The van der Waals surface area contributed by atoms with E-state index in [4.69, 9.17) is 5.84 Å². The normalized spacial score (nSPS) is 11.4. The van der Waals surface area contributed by atoms with Crippen molar-refractivity contribution in [2.45, 2.75) is 18.7 Å². The van der Waals surface area contributed by atoms with Gasteiger partial charge in [-0.2, -0.15) is 0 Å². The van der Waals surface area contributed by atoms with E-state index in [-0.39, 0.29) is 5.91 Å². The van der Waals surface area contributed by atoms with Crippen LogP contribution in [0.5, 0.6) is 0 Å². The number of benzene rings is 1. The summed E-state index contributed by atoms with van der Waals surface area (Å²) in [6.07, 6.45) is 0. The molecule has 0 atom stereocenters. The van der Waals surface area contributed by atoms with E-state index < -0.39 is 17.0 Å². The first-order chi connectivity index (χ1) is 7.86. The van der Waals surface area contributed by atoms with Crippen molar-refractivity contribution in [3.8, 4) is 0 Å². The first-order valence-corrected chi connectivity index (χ1v) is 5.94. The molecule has 0 radical (unpaired) electrons. The van der Waals surface area contributed by atoms with Gasteiger partial charge in [-0.1, -0.05) is 13.8 Å². The Balaban J connectivity index is 2.67. The van der Waals surface area contributed by atoms with Crippen LogP contribution in [-0.4, -0.2) is 11.7 Å². The summed E-state index contributed by atoms with van der Waals surface area (Å²) in [6, 6.07) is 3.64. The summed E-state index contributed by atoms with van der Waals surface area (Å²) in [5.74, 6) is 3.40. The number of halogens is 2. The van der Waals surface area contributed by atoms with Gasteiger partial charge in [-0.15, -0.1) is 11.8 Å². The van der Waals surface area contributed by atoms with E-state index in [1.54, 1.807) is 13.8 Å². The Hall–Kier alpha value is -1.14. The predicted octanol–water partition coefficient (Wildman–Crippen LogP) is 2.07. The number of nitrogens with two attached hydrogens (primary N) is 1. The minimum atomic E-state index is -0.893. The molecule has 0 spiro atoms. The zero-order chi connectivity index (χ0) is 13.1. The lowest BCUT2D eigenvalue weighted by Gasteiger charge is -2.21. The predicted molar refractivity (Wildman–Crippen MR) is 63.2 cm³/mol. The number of hydrazine groups is 1. The molecule has 6 heteroatoms. The Labute approximate surface area is 103 Å². The van der Waals surface area contributed by atoms with Gasteiger partial charge in [0.05, 0.1) is 5.41 Å². The van der Waals surface area contributed by atoms with Gasteiger partial charge >= 0.3 is 0 Å². The lowest BCUT2D eigenvalue weighted by atomic mass is 9.96. The van der Waals surface area contributed by atoms with E-state index in [9.17, 15) is 13.6 Å². The van der Waals surface area contributed by atoms with Crippen molar-refractivity contribution in [2.24, 2.45) is 11.3 Å². The zero-order valence-corrected chi connectivity index (χ0v) is 10.4. The fourth-order valence-electron chi connectivity index (χ4n) is 1.09. The standard InChI is InChI=1S/C11H14F2N2OS/c1-11(2,10(16)15-14)6-17-7-3-4-8(12)9(13)5-7/h3-5H,6,14H2,1-2H3,(H,15,16). The van der Waals surface area contributed by atoms with E-state index in [2.05, 4.69) is 5.43 Å². The van der Waals surface area contributed by atoms with Gasteiger partial charge in [0.15, 0.2) is 11.6 Å². The lowest BCUT2D eigenvalue weighted by molar-refractivity contribution is -0.128. The van der Waals surface area contributed by atoms with Gasteiger partial charge in [-0.25, -0.2) is 14.6 Å². The summed E-state index contributed by atoms with van der Waals surface area (Å²) < 4.78 is 25.6. The molecule has 1 aromatic carbocycles. The van der Waals surface area contributed by atoms with Crippen LogP contribution in [0.2, 0.25) is 0 Å². The summed E-state index contributed by atoms with van der Waals surface area (Å²) in [7, 11) is 0. The molecule has 1 rings (SSSR count). The van der Waals surface area contributed by atoms with Crippen LogP contribution in [0.25, 0.3) is 0 Å². The van der Waals surface area contributed by atoms with Crippen LogP contribution < -0.4 is 11.3 Å². The number of rotatable bonds is 4. The Kier molecular flexibility index (Phi) is 4.47. The molecule has 0 aromatic heterocycles. The van der Waals surface area contributed by atoms with Gasteiger partial charge in [-0.3, -0.25) is 10.2 Å². The Morgan fingerprint density at radius 1 is 1.41 bits per heavy atom. The lowest BCUT2D eigenvalue weighted by Crippen LogP contribution is -2.42. The van der Waals surface area contributed by atoms with Gasteiger partial charge in [0, 0.05) is 10.6 Å². The highest BCUT2D eigenvalue weighted by Gasteiger charge is 2.27. The molecule has 1 aromatic rings. The molecule has 0 fully saturated rings. The molecular weight excluding hydrogens is 246 g/mol. The molecule has 0 bridgehead atoms. The van der Waals surface area contributed by atoms with Gasteiger partial charge in [0.2, 0.25) is 5.91 Å². The number of amides is 1. The van der Waals surface area contributed by atoms with Crippen LogP contribution in [0.4, 0.5) is 8.78 Å². The summed E-state index contributed by atoms with van der Waals surface area (Å²) in [5, 5.41) is 0. The maximum atomic E-state index is 12.9. The highest BCUT2D eigenvalue weighted by Crippen LogP contribution is 2.28. The molecule has 0 unspecified atom stereocenters. The highest BCUT2D eigenvalue weighted by molar-refractivity contribution is 7.99. The first kappa shape index (κ1) is 13.9. The van der Waals surface area contributed by atoms with Gasteiger partial charge in [0.1, 0.15) is 0 Å². The average Bonchev–Trinajstić information content (AvgIpc) is 2.29. The number of carbonyl (C=O) groups excluding carboxylic acids is 1. The third kappa shape index (κ3) is 3.67. The van der Waals surface area contributed by atoms with Crippen molar-refractivity contribution < 1.29 is 13.6 Å². The Morgan fingerprint density at radius 3 is 2.59 bits per heavy atom. The largest absolute Gasteiger partial charge is 0.294 e. The molecule has 0 aliphatic rings. The van der Waals surface area contributed by atoms with E-state index in [1.807, 2.05) is 0 Å². The fraction of sp³-hybridized carbons (Fsp3) is 0.364. The molecule has 0 saturated heterocycles. The summed E-state index contributed by atoms with van der Waals surface area (Å²) in [5.41, 5.74) is 1.40. The minimum absolute atomic E-state index is 0.299. The number of nitrogens with one attached hydrogen (secondary N) is 1. The van der Waals surface area contributed by atoms with Crippen molar-refractivity contribution in [3.05, 3.63) is 29.8 Å². The zero-order valence-electron chi connectivity index (χ0n) is 9.59. The van der Waals surface area contributed by atoms with E-state index >= 15 is 0 Å². The third-order valence-corrected chi connectivity index (χ3v) is 3.69. The average molecular weight is 260 g/mol. The molecule has 3 nitrogen and oxygen atoms in total. The molecule has 3 N–H and O–H groups in total. The quantitative estimate of drug-likeness (QED) is 0.377. The molecule has 0 aliphatic heterocycles. The summed E-state index contributed by atoms with van der Waals surface area (Å²) in [6.45, 7) is 3.45. The monoisotopic (exact) mass is 260 g/mol. The van der Waals surface area contributed by atoms with Crippen LogP contribution in [0.15, 0.2) is 23.1 Å². The highest BCUT2D eigenvalue weighted by atomic mass is 32.2. The van der Waals surface area contributed by atoms with E-state index in [0.29, 0.717) is 10.6 Å². The van der Waals surface area contributed by atoms with Crippen LogP contribution in [0.3, 0.4) is 0 Å². The Bertz CT molecular complexity index is 424. The van der Waals surface area contributed by atoms with Gasteiger partial charge in [-0.05, 0) is 18.2 Å². The number of hydrogen-bond acceptors (Lipinski definition) is 3. The van der Waals surface area contributed by atoms with Gasteiger partial charge in [0.25, 0.3) is 0 Å². The third-order valence-electron chi connectivity index (χ3n) is 2.24. The van der Waals surface area contributed by atoms with Crippen LogP contribution in [0.1, 0.15) is 13.8 Å². The topological polar surface area (TPSA) is 55.1 Å². The van der Waals surface area contributed by atoms with Crippen molar-refractivity contribution >= 4 is 17.7 Å². The molecule has 0 aliphatic carbocycles. The van der Waals surface area contributed by atoms with Crippen LogP contribution in [0, 0.1) is 17.0 Å². The summed E-state index contributed by atoms with van der Waals surface area (Å²) >= 11 is 1.27. The molecule has 1 amide bonds. The molecule has 17 heavy (non-hydrogen) atoms. The maximum Gasteiger partial charge on any atom is 0.240 e. The second-order valence-electron chi connectivity index (χ2n) is 4.22. The molecular formula is C11H14F2N2OS. The number of thioether (sulfide) groups is 1. The second-order valence-corrected chi connectivity index (χ2v) is 5.27. The van der Waals surface area contributed by atoms with Crippen molar-refractivity contribution in [1.82, 2.24) is 5.43 Å². The van der Waals surface area contributed by atoms with Crippen LogP contribution in [-0.2, 0) is 4.79 Å². The SMILES string of the molecule is CC(C)(CSc1ccc(F)c(F)c1)C(=O)NN. The van der Waals surface area contributed by atoms with E-state index in [0.717, 1.165) is 12.1 Å². The number of carbonyl (C=O) groups is 1.